The highest BCUT2D eigenvalue weighted by Crippen LogP contribution is 2.27. The highest BCUT2D eigenvalue weighted by molar-refractivity contribution is 6.01. The summed E-state index contributed by atoms with van der Waals surface area (Å²) in [6.45, 7) is 2.97. The number of benzene rings is 2. The van der Waals surface area contributed by atoms with Gasteiger partial charge in [0.25, 0.3) is 5.91 Å². The van der Waals surface area contributed by atoms with E-state index in [1.807, 2.05) is 59.5 Å². The van der Waals surface area contributed by atoms with Gasteiger partial charge in [0.15, 0.2) is 0 Å². The Labute approximate surface area is 187 Å². The molecule has 2 amide bonds. The molecular formula is C25H25N5O2. The third kappa shape index (κ3) is 3.93. The first-order chi connectivity index (χ1) is 15.7. The van der Waals surface area contributed by atoms with Gasteiger partial charge in [0.2, 0.25) is 11.9 Å². The fraction of sp³-hybridized carbons (Fsp3) is 0.280. The van der Waals surface area contributed by atoms with Gasteiger partial charge in [-0.2, -0.15) is 0 Å². The molecule has 1 atom stereocenters. The Balaban J connectivity index is 1.35. The first-order valence-electron chi connectivity index (χ1n) is 10.9. The van der Waals surface area contributed by atoms with Crippen molar-refractivity contribution in [3.8, 4) is 0 Å². The normalized spacial score (nSPS) is 16.8. The molecule has 1 aromatic heterocycles. The van der Waals surface area contributed by atoms with Crippen LogP contribution in [0.3, 0.4) is 0 Å². The van der Waals surface area contributed by atoms with E-state index >= 15 is 0 Å². The Kier molecular flexibility index (Phi) is 5.54. The number of hydrogen-bond donors (Lipinski definition) is 0. The van der Waals surface area contributed by atoms with Crippen molar-refractivity contribution in [1.29, 1.82) is 0 Å². The maximum Gasteiger partial charge on any atom is 0.255 e. The summed E-state index contributed by atoms with van der Waals surface area (Å²) in [5, 5.41) is 0. The van der Waals surface area contributed by atoms with Crippen LogP contribution >= 0.6 is 0 Å². The van der Waals surface area contributed by atoms with Gasteiger partial charge in [-0.15, -0.1) is 0 Å². The number of nitrogens with zero attached hydrogens (tertiary/aromatic N) is 5. The van der Waals surface area contributed by atoms with E-state index in [1.54, 1.807) is 23.4 Å². The minimum atomic E-state index is -0.531. The third-order valence-electron chi connectivity index (χ3n) is 6.21. The Morgan fingerprint density at radius 2 is 1.56 bits per heavy atom. The molecule has 7 heteroatoms. The van der Waals surface area contributed by atoms with Gasteiger partial charge in [0, 0.05) is 57.1 Å². The van der Waals surface area contributed by atoms with Crippen LogP contribution in [0.5, 0.6) is 0 Å². The lowest BCUT2D eigenvalue weighted by Gasteiger charge is -2.38. The van der Waals surface area contributed by atoms with E-state index in [9.17, 15) is 9.59 Å². The van der Waals surface area contributed by atoms with Crippen LogP contribution in [0.2, 0.25) is 0 Å². The van der Waals surface area contributed by atoms with Crippen molar-refractivity contribution in [3.05, 3.63) is 89.7 Å². The molecule has 1 fully saturated rings. The molecular weight excluding hydrogens is 402 g/mol. The van der Waals surface area contributed by atoms with E-state index in [0.29, 0.717) is 50.7 Å². The summed E-state index contributed by atoms with van der Waals surface area (Å²) in [5.74, 6) is 0.625. The maximum atomic E-state index is 13.7. The molecule has 3 heterocycles. The zero-order valence-electron chi connectivity index (χ0n) is 17.8. The van der Waals surface area contributed by atoms with Crippen LogP contribution in [0, 0.1) is 0 Å². The molecule has 0 N–H and O–H groups in total. The largest absolute Gasteiger partial charge is 0.337 e. The molecule has 0 unspecified atom stereocenters. The predicted molar refractivity (Wildman–Crippen MR) is 121 cm³/mol. The zero-order valence-corrected chi connectivity index (χ0v) is 17.8. The van der Waals surface area contributed by atoms with Crippen molar-refractivity contribution in [2.75, 3.05) is 31.1 Å². The number of hydrogen-bond acceptors (Lipinski definition) is 5. The molecule has 2 aliphatic rings. The van der Waals surface area contributed by atoms with Crippen LogP contribution in [-0.4, -0.2) is 63.8 Å². The summed E-state index contributed by atoms with van der Waals surface area (Å²) in [6, 6.07) is 18.8. The van der Waals surface area contributed by atoms with Gasteiger partial charge in [0.1, 0.15) is 6.04 Å². The minimum absolute atomic E-state index is 0.00337. The van der Waals surface area contributed by atoms with Gasteiger partial charge in [0.05, 0.1) is 0 Å². The molecule has 32 heavy (non-hydrogen) atoms. The first kappa shape index (κ1) is 20.2. The van der Waals surface area contributed by atoms with Crippen molar-refractivity contribution in [1.82, 2.24) is 19.8 Å². The third-order valence-corrected chi connectivity index (χ3v) is 6.21. The number of rotatable bonds is 5. The molecule has 1 saturated heterocycles. The maximum absolute atomic E-state index is 13.7. The smallest absolute Gasteiger partial charge is 0.255 e. The van der Waals surface area contributed by atoms with Crippen molar-refractivity contribution in [3.63, 3.8) is 0 Å². The fourth-order valence-corrected chi connectivity index (χ4v) is 4.49. The molecule has 0 bridgehead atoms. The molecule has 2 aliphatic heterocycles. The van der Waals surface area contributed by atoms with Crippen LogP contribution in [0.4, 0.5) is 5.95 Å². The molecule has 2 aromatic carbocycles. The lowest BCUT2D eigenvalue weighted by molar-refractivity contribution is -0.136. The SMILES string of the molecule is O=C([C@@H](Cc1ccccc1)N1Cc2ccccc2C1=O)N1CCN(c2ncccn2)CC1. The van der Waals surface area contributed by atoms with Crippen LogP contribution in [-0.2, 0) is 17.8 Å². The van der Waals surface area contributed by atoms with Crippen LogP contribution in [0.1, 0.15) is 21.5 Å². The number of carbonyl (C=O) groups is 2. The van der Waals surface area contributed by atoms with E-state index < -0.39 is 6.04 Å². The van der Waals surface area contributed by atoms with Crippen LogP contribution in [0.15, 0.2) is 73.1 Å². The Morgan fingerprint density at radius 1 is 0.875 bits per heavy atom. The van der Waals surface area contributed by atoms with Crippen LogP contribution in [0.25, 0.3) is 0 Å². The first-order valence-corrected chi connectivity index (χ1v) is 10.9. The standard InChI is InChI=1S/C25H25N5O2/c31-23-21-10-5-4-9-20(21)18-30(23)22(17-19-7-2-1-3-8-19)24(32)28-13-15-29(16-14-28)25-26-11-6-12-27-25/h1-12,22H,13-18H2/t22-/m1/s1. The summed E-state index contributed by atoms with van der Waals surface area (Å²) in [5.41, 5.74) is 2.73. The molecule has 3 aromatic rings. The zero-order chi connectivity index (χ0) is 21.9. The summed E-state index contributed by atoms with van der Waals surface area (Å²) >= 11 is 0. The number of fused-ring (bicyclic) bond motifs is 1. The monoisotopic (exact) mass is 427 g/mol. The fourth-order valence-electron chi connectivity index (χ4n) is 4.49. The second-order valence-corrected chi connectivity index (χ2v) is 8.16. The Bertz CT molecular complexity index is 1100. The minimum Gasteiger partial charge on any atom is -0.337 e. The van der Waals surface area contributed by atoms with Gasteiger partial charge in [-0.05, 0) is 23.3 Å². The topological polar surface area (TPSA) is 69.6 Å². The molecule has 0 aliphatic carbocycles. The van der Waals surface area contributed by atoms with Gasteiger partial charge < -0.3 is 14.7 Å². The number of aromatic nitrogens is 2. The van der Waals surface area contributed by atoms with Crippen molar-refractivity contribution in [2.24, 2.45) is 0 Å². The highest BCUT2D eigenvalue weighted by atomic mass is 16.2. The van der Waals surface area contributed by atoms with E-state index in [2.05, 4.69) is 14.9 Å². The highest BCUT2D eigenvalue weighted by Gasteiger charge is 2.38. The summed E-state index contributed by atoms with van der Waals surface area (Å²) in [6.07, 6.45) is 3.96. The average molecular weight is 428 g/mol. The average Bonchev–Trinajstić information content (AvgIpc) is 3.20. The van der Waals surface area contributed by atoms with E-state index in [0.717, 1.165) is 11.1 Å². The van der Waals surface area contributed by atoms with E-state index in [-0.39, 0.29) is 11.8 Å². The molecule has 0 saturated carbocycles. The number of amides is 2. The number of carbonyl (C=O) groups excluding carboxylic acids is 2. The molecule has 0 spiro atoms. The van der Waals surface area contributed by atoms with Gasteiger partial charge in [-0.3, -0.25) is 9.59 Å². The summed E-state index contributed by atoms with van der Waals surface area (Å²) in [7, 11) is 0. The summed E-state index contributed by atoms with van der Waals surface area (Å²) in [4.78, 5) is 41.2. The Hall–Kier alpha value is -3.74. The molecule has 7 nitrogen and oxygen atoms in total. The predicted octanol–water partition coefficient (Wildman–Crippen LogP) is 2.39. The van der Waals surface area contributed by atoms with E-state index in [4.69, 9.17) is 0 Å². The lowest BCUT2D eigenvalue weighted by Crippen LogP contribution is -2.56. The quantitative estimate of drug-likeness (QED) is 0.625. The summed E-state index contributed by atoms with van der Waals surface area (Å²) < 4.78 is 0. The lowest BCUT2D eigenvalue weighted by atomic mass is 10.0. The molecule has 0 radical (unpaired) electrons. The van der Waals surface area contributed by atoms with Crippen molar-refractivity contribution < 1.29 is 9.59 Å². The van der Waals surface area contributed by atoms with Gasteiger partial charge in [-0.25, -0.2) is 9.97 Å². The second kappa shape index (κ2) is 8.78. The second-order valence-electron chi connectivity index (χ2n) is 8.16. The van der Waals surface area contributed by atoms with Gasteiger partial charge >= 0.3 is 0 Å². The van der Waals surface area contributed by atoms with Crippen molar-refractivity contribution >= 4 is 17.8 Å². The van der Waals surface area contributed by atoms with Crippen LogP contribution < -0.4 is 4.90 Å². The molecule has 5 rings (SSSR count). The molecule has 162 valence electrons. The van der Waals surface area contributed by atoms with E-state index in [1.165, 1.54) is 0 Å². The van der Waals surface area contributed by atoms with Gasteiger partial charge in [-0.1, -0.05) is 48.5 Å². The Morgan fingerprint density at radius 3 is 2.28 bits per heavy atom. The number of anilines is 1. The number of piperazine rings is 1. The van der Waals surface area contributed by atoms with Crippen molar-refractivity contribution in [2.45, 2.75) is 19.0 Å².